The second kappa shape index (κ2) is 5.48. The number of hydrogen-bond acceptors (Lipinski definition) is 5. The lowest BCUT2D eigenvalue weighted by Crippen LogP contribution is -2.42. The van der Waals surface area contributed by atoms with Gasteiger partial charge < -0.3 is 5.32 Å². The predicted molar refractivity (Wildman–Crippen MR) is 78.3 cm³/mol. The summed E-state index contributed by atoms with van der Waals surface area (Å²) >= 11 is 3.62. The molecule has 0 saturated carbocycles. The van der Waals surface area contributed by atoms with Gasteiger partial charge in [-0.1, -0.05) is 6.07 Å². The van der Waals surface area contributed by atoms with Crippen molar-refractivity contribution in [3.05, 3.63) is 27.4 Å². The van der Waals surface area contributed by atoms with Crippen LogP contribution in [0.25, 0.3) is 10.6 Å². The molecule has 0 spiro atoms. The Bertz CT molecular complexity index is 498. The van der Waals surface area contributed by atoms with Gasteiger partial charge in [-0.05, 0) is 18.4 Å². The third kappa shape index (κ3) is 2.64. The Morgan fingerprint density at radius 2 is 2.22 bits per heavy atom. The SMILES string of the molecule is Cc1nc(-c2cccs2)c(CN2CCNCC2)s1. The van der Waals surface area contributed by atoms with Gasteiger partial charge in [0.1, 0.15) is 0 Å². The summed E-state index contributed by atoms with van der Waals surface area (Å²) in [5, 5.41) is 6.69. The van der Waals surface area contributed by atoms with Crippen LogP contribution in [0.1, 0.15) is 9.88 Å². The maximum absolute atomic E-state index is 4.71. The highest BCUT2D eigenvalue weighted by Crippen LogP contribution is 2.32. The number of rotatable bonds is 3. The summed E-state index contributed by atoms with van der Waals surface area (Å²) in [5.41, 5.74) is 1.20. The molecule has 2 aromatic heterocycles. The first-order valence-corrected chi connectivity index (χ1v) is 7.96. The van der Waals surface area contributed by atoms with Gasteiger partial charge in [-0.25, -0.2) is 4.98 Å². The first-order valence-electron chi connectivity index (χ1n) is 6.26. The molecular formula is C13H17N3S2. The molecule has 96 valence electrons. The largest absolute Gasteiger partial charge is 0.314 e. The van der Waals surface area contributed by atoms with E-state index < -0.39 is 0 Å². The summed E-state index contributed by atoms with van der Waals surface area (Å²) in [6.45, 7) is 7.63. The van der Waals surface area contributed by atoms with Crippen molar-refractivity contribution in [1.82, 2.24) is 15.2 Å². The molecule has 3 nitrogen and oxygen atoms in total. The Labute approximate surface area is 115 Å². The topological polar surface area (TPSA) is 28.2 Å². The van der Waals surface area contributed by atoms with Crippen LogP contribution in [0.2, 0.25) is 0 Å². The Morgan fingerprint density at radius 1 is 1.39 bits per heavy atom. The van der Waals surface area contributed by atoms with Crippen molar-refractivity contribution in [2.24, 2.45) is 0 Å². The molecule has 0 aliphatic carbocycles. The Hall–Kier alpha value is -0.750. The lowest BCUT2D eigenvalue weighted by atomic mass is 10.2. The van der Waals surface area contributed by atoms with E-state index >= 15 is 0 Å². The highest BCUT2D eigenvalue weighted by molar-refractivity contribution is 7.15. The van der Waals surface area contributed by atoms with Gasteiger partial charge in [0.15, 0.2) is 0 Å². The molecule has 1 aliphatic heterocycles. The molecule has 0 atom stereocenters. The highest BCUT2D eigenvalue weighted by Gasteiger charge is 2.16. The Kier molecular flexibility index (Phi) is 3.75. The van der Waals surface area contributed by atoms with Crippen LogP contribution in [0.4, 0.5) is 0 Å². The fourth-order valence-corrected chi connectivity index (χ4v) is 4.05. The zero-order valence-electron chi connectivity index (χ0n) is 10.5. The minimum Gasteiger partial charge on any atom is -0.314 e. The zero-order chi connectivity index (χ0) is 12.4. The molecule has 5 heteroatoms. The average Bonchev–Trinajstić information content (AvgIpc) is 3.00. The summed E-state index contributed by atoms with van der Waals surface area (Å²) in [5.74, 6) is 0. The predicted octanol–water partition coefficient (Wildman–Crippen LogP) is 2.59. The zero-order valence-corrected chi connectivity index (χ0v) is 12.1. The van der Waals surface area contributed by atoms with Gasteiger partial charge in [-0.3, -0.25) is 4.90 Å². The van der Waals surface area contributed by atoms with E-state index in [2.05, 4.69) is 34.7 Å². The van der Waals surface area contributed by atoms with Crippen molar-refractivity contribution in [3.63, 3.8) is 0 Å². The van der Waals surface area contributed by atoms with Gasteiger partial charge in [-0.15, -0.1) is 22.7 Å². The number of aryl methyl sites for hydroxylation is 1. The van der Waals surface area contributed by atoms with Crippen LogP contribution in [0.3, 0.4) is 0 Å². The first-order chi connectivity index (χ1) is 8.83. The van der Waals surface area contributed by atoms with Gasteiger partial charge in [0.2, 0.25) is 0 Å². The first kappa shape index (κ1) is 12.3. The van der Waals surface area contributed by atoms with E-state index in [0.29, 0.717) is 0 Å². The smallest absolute Gasteiger partial charge is 0.0959 e. The Balaban J connectivity index is 1.82. The Morgan fingerprint density at radius 3 is 2.94 bits per heavy atom. The molecule has 0 radical (unpaired) electrons. The standard InChI is InChI=1S/C13H17N3S2/c1-10-15-13(11-3-2-8-17-11)12(18-10)9-16-6-4-14-5-7-16/h2-3,8,14H,4-7,9H2,1H3. The molecule has 3 heterocycles. The van der Waals surface area contributed by atoms with Crippen LogP contribution in [-0.4, -0.2) is 36.1 Å². The monoisotopic (exact) mass is 279 g/mol. The van der Waals surface area contributed by atoms with Gasteiger partial charge in [0.25, 0.3) is 0 Å². The van der Waals surface area contributed by atoms with Crippen molar-refractivity contribution in [2.75, 3.05) is 26.2 Å². The van der Waals surface area contributed by atoms with Crippen LogP contribution in [0.5, 0.6) is 0 Å². The van der Waals surface area contributed by atoms with E-state index in [1.54, 1.807) is 11.3 Å². The fraction of sp³-hybridized carbons (Fsp3) is 0.462. The van der Waals surface area contributed by atoms with E-state index in [-0.39, 0.29) is 0 Å². The van der Waals surface area contributed by atoms with E-state index in [1.807, 2.05) is 11.3 Å². The second-order valence-corrected chi connectivity index (χ2v) is 6.74. The summed E-state index contributed by atoms with van der Waals surface area (Å²) in [6, 6.07) is 4.27. The van der Waals surface area contributed by atoms with Crippen LogP contribution in [0, 0.1) is 6.92 Å². The lowest BCUT2D eigenvalue weighted by Gasteiger charge is -2.26. The molecule has 0 amide bonds. The maximum Gasteiger partial charge on any atom is 0.0959 e. The lowest BCUT2D eigenvalue weighted by molar-refractivity contribution is 0.235. The molecule has 0 unspecified atom stereocenters. The van der Waals surface area contributed by atoms with Crippen LogP contribution in [0.15, 0.2) is 17.5 Å². The molecule has 2 aromatic rings. The van der Waals surface area contributed by atoms with Crippen molar-refractivity contribution < 1.29 is 0 Å². The maximum atomic E-state index is 4.71. The van der Waals surface area contributed by atoms with Gasteiger partial charge in [0.05, 0.1) is 15.6 Å². The molecule has 0 aromatic carbocycles. The molecular weight excluding hydrogens is 262 g/mol. The number of thiophene rings is 1. The fourth-order valence-electron chi connectivity index (χ4n) is 2.25. The second-order valence-electron chi connectivity index (χ2n) is 4.51. The van der Waals surface area contributed by atoms with Gasteiger partial charge in [-0.2, -0.15) is 0 Å². The van der Waals surface area contributed by atoms with Crippen LogP contribution >= 0.6 is 22.7 Å². The van der Waals surface area contributed by atoms with Crippen molar-refractivity contribution in [2.45, 2.75) is 13.5 Å². The molecule has 18 heavy (non-hydrogen) atoms. The van der Waals surface area contributed by atoms with Crippen LogP contribution in [-0.2, 0) is 6.54 Å². The number of hydrogen-bond donors (Lipinski definition) is 1. The number of nitrogens with zero attached hydrogens (tertiary/aromatic N) is 2. The molecule has 1 fully saturated rings. The third-order valence-corrected chi connectivity index (χ3v) is 4.97. The molecule has 1 aliphatic rings. The van der Waals surface area contributed by atoms with Crippen LogP contribution < -0.4 is 5.32 Å². The molecule has 3 rings (SSSR count). The van der Waals surface area contributed by atoms with Gasteiger partial charge >= 0.3 is 0 Å². The minimum absolute atomic E-state index is 1.04. The van der Waals surface area contributed by atoms with E-state index in [4.69, 9.17) is 4.98 Å². The molecule has 1 N–H and O–H groups in total. The van der Waals surface area contributed by atoms with Gasteiger partial charge in [0, 0.05) is 37.6 Å². The summed E-state index contributed by atoms with van der Waals surface area (Å²) in [4.78, 5) is 9.93. The summed E-state index contributed by atoms with van der Waals surface area (Å²) < 4.78 is 0. The average molecular weight is 279 g/mol. The number of thiazole rings is 1. The molecule has 0 bridgehead atoms. The minimum atomic E-state index is 1.04. The molecule has 1 saturated heterocycles. The number of aromatic nitrogens is 1. The summed E-state index contributed by atoms with van der Waals surface area (Å²) in [6.07, 6.45) is 0. The quantitative estimate of drug-likeness (QED) is 0.936. The van der Waals surface area contributed by atoms with E-state index in [9.17, 15) is 0 Å². The van der Waals surface area contributed by atoms with Crippen molar-refractivity contribution in [3.8, 4) is 10.6 Å². The normalized spacial score (nSPS) is 17.2. The third-order valence-electron chi connectivity index (χ3n) is 3.14. The van der Waals surface area contributed by atoms with E-state index in [0.717, 1.165) is 32.7 Å². The number of piperazine rings is 1. The highest BCUT2D eigenvalue weighted by atomic mass is 32.1. The van der Waals surface area contributed by atoms with E-state index in [1.165, 1.54) is 20.5 Å². The number of nitrogens with one attached hydrogen (secondary N) is 1. The summed E-state index contributed by atoms with van der Waals surface area (Å²) in [7, 11) is 0. The van der Waals surface area contributed by atoms with Crippen molar-refractivity contribution >= 4 is 22.7 Å². The van der Waals surface area contributed by atoms with Crippen molar-refractivity contribution in [1.29, 1.82) is 0 Å².